The third kappa shape index (κ3) is 3.49. The molecule has 1 aliphatic rings. The van der Waals surface area contributed by atoms with Crippen molar-refractivity contribution in [3.05, 3.63) is 28.8 Å². The summed E-state index contributed by atoms with van der Waals surface area (Å²) in [5.41, 5.74) is 2.06. The molecular weight excluding hydrogens is 322 g/mol. The Balaban J connectivity index is 1.82. The molecule has 2 aromatic rings. The molecule has 0 radical (unpaired) electrons. The van der Waals surface area contributed by atoms with Crippen LogP contribution in [0.2, 0.25) is 0 Å². The maximum Gasteiger partial charge on any atom is 0.164 e. The number of hydrogen-bond acceptors (Lipinski definition) is 5. The van der Waals surface area contributed by atoms with Crippen molar-refractivity contribution in [1.29, 1.82) is 0 Å². The van der Waals surface area contributed by atoms with Gasteiger partial charge in [0.15, 0.2) is 12.6 Å². The third-order valence-corrected chi connectivity index (χ3v) is 5.03. The minimum absolute atomic E-state index is 0.0357. The maximum absolute atomic E-state index is 11.8. The highest BCUT2D eigenvalue weighted by atomic mass is 35.5. The van der Waals surface area contributed by atoms with E-state index >= 15 is 0 Å². The summed E-state index contributed by atoms with van der Waals surface area (Å²) in [6, 6.07) is 6.19. The molecule has 118 valence electrons. The van der Waals surface area contributed by atoms with Gasteiger partial charge in [-0.15, -0.1) is 22.9 Å². The van der Waals surface area contributed by atoms with Crippen LogP contribution in [-0.4, -0.2) is 29.2 Å². The Morgan fingerprint density at radius 1 is 1.45 bits per heavy atom. The van der Waals surface area contributed by atoms with Gasteiger partial charge < -0.3 is 9.47 Å². The number of aryl methyl sites for hydroxylation is 1. The Morgan fingerprint density at radius 2 is 2.23 bits per heavy atom. The molecule has 1 aromatic heterocycles. The van der Waals surface area contributed by atoms with Crippen LogP contribution < -0.4 is 0 Å². The summed E-state index contributed by atoms with van der Waals surface area (Å²) in [4.78, 5) is 16.3. The van der Waals surface area contributed by atoms with E-state index in [9.17, 15) is 4.79 Å². The predicted molar refractivity (Wildman–Crippen MR) is 87.5 cm³/mol. The second-order valence-electron chi connectivity index (χ2n) is 5.54. The van der Waals surface area contributed by atoms with Gasteiger partial charge >= 0.3 is 0 Å². The monoisotopic (exact) mass is 339 g/mol. The molecule has 6 heteroatoms. The van der Waals surface area contributed by atoms with Crippen LogP contribution >= 0.6 is 22.9 Å². The first-order chi connectivity index (χ1) is 10.5. The number of carbonyl (C=O) groups is 1. The average Bonchev–Trinajstić information content (AvgIpc) is 2.83. The number of ether oxygens (including phenoxy) is 2. The second-order valence-corrected chi connectivity index (χ2v) is 7.04. The second kappa shape index (κ2) is 6.62. The molecule has 1 atom stereocenters. The number of halogens is 1. The number of fused-ring (bicyclic) bond motifs is 1. The Hall–Kier alpha value is -1.01. The van der Waals surface area contributed by atoms with E-state index in [0.717, 1.165) is 20.8 Å². The van der Waals surface area contributed by atoms with E-state index < -0.39 is 0 Å². The SMILES string of the molecule is Cc1nc2cc(C(CC(=O)CCl)CC3OC(C)O3)ccc2s1. The van der Waals surface area contributed by atoms with Crippen molar-refractivity contribution in [1.82, 2.24) is 4.98 Å². The van der Waals surface area contributed by atoms with Crippen molar-refractivity contribution in [2.24, 2.45) is 0 Å². The molecule has 1 unspecified atom stereocenters. The molecule has 0 N–H and O–H groups in total. The number of carbonyl (C=O) groups excluding carboxylic acids is 1. The molecule has 0 saturated carbocycles. The lowest BCUT2D eigenvalue weighted by Gasteiger charge is -2.36. The van der Waals surface area contributed by atoms with Crippen molar-refractivity contribution < 1.29 is 14.3 Å². The molecule has 0 spiro atoms. The van der Waals surface area contributed by atoms with Crippen LogP contribution in [0.15, 0.2) is 18.2 Å². The standard InChI is InChI=1S/C16H18ClNO3S/c1-9-18-14-6-11(3-4-15(14)22-9)12(5-13(19)8-17)7-16-20-10(2)21-16/h3-4,6,10,12,16H,5,7-8H2,1-2H3. The van der Waals surface area contributed by atoms with Gasteiger partial charge in [-0.05, 0) is 37.5 Å². The molecule has 3 rings (SSSR count). The molecule has 1 saturated heterocycles. The molecule has 1 aliphatic heterocycles. The predicted octanol–water partition coefficient (Wildman–Crippen LogP) is 4.00. The van der Waals surface area contributed by atoms with E-state index in [0.29, 0.717) is 12.8 Å². The molecular formula is C16H18ClNO3S. The number of nitrogens with zero attached hydrogens (tertiary/aromatic N) is 1. The summed E-state index contributed by atoms with van der Waals surface area (Å²) < 4.78 is 12.2. The fraction of sp³-hybridized carbons (Fsp3) is 0.500. The zero-order valence-corrected chi connectivity index (χ0v) is 14.1. The van der Waals surface area contributed by atoms with E-state index in [-0.39, 0.29) is 30.2 Å². The minimum atomic E-state index is -0.240. The van der Waals surface area contributed by atoms with Crippen molar-refractivity contribution in [3.63, 3.8) is 0 Å². The summed E-state index contributed by atoms with van der Waals surface area (Å²) >= 11 is 7.34. The Morgan fingerprint density at radius 3 is 2.91 bits per heavy atom. The summed E-state index contributed by atoms with van der Waals surface area (Å²) in [5, 5.41) is 1.04. The number of alkyl halides is 1. The van der Waals surface area contributed by atoms with Crippen molar-refractivity contribution in [2.45, 2.75) is 45.2 Å². The fourth-order valence-electron chi connectivity index (χ4n) is 2.76. The zero-order chi connectivity index (χ0) is 15.7. The number of thiazole rings is 1. The fourth-order valence-corrected chi connectivity index (χ4v) is 3.68. The lowest BCUT2D eigenvalue weighted by molar-refractivity contribution is -0.378. The van der Waals surface area contributed by atoms with Gasteiger partial charge in [-0.2, -0.15) is 0 Å². The van der Waals surface area contributed by atoms with Crippen LogP contribution in [0.5, 0.6) is 0 Å². The van der Waals surface area contributed by atoms with Gasteiger partial charge in [0.2, 0.25) is 0 Å². The van der Waals surface area contributed by atoms with Gasteiger partial charge in [0.05, 0.1) is 21.1 Å². The highest BCUT2D eigenvalue weighted by Crippen LogP contribution is 2.33. The number of benzene rings is 1. The molecule has 0 bridgehead atoms. The topological polar surface area (TPSA) is 48.4 Å². The van der Waals surface area contributed by atoms with Crippen LogP contribution in [0.4, 0.5) is 0 Å². The lowest BCUT2D eigenvalue weighted by atomic mass is 9.90. The number of aromatic nitrogens is 1. The summed E-state index contributed by atoms with van der Waals surface area (Å²) in [5.74, 6) is 0.112. The Bertz CT molecular complexity index is 681. The largest absolute Gasteiger partial charge is 0.324 e. The molecule has 1 fully saturated rings. The van der Waals surface area contributed by atoms with Gasteiger partial charge in [-0.1, -0.05) is 6.07 Å². The van der Waals surface area contributed by atoms with Crippen molar-refractivity contribution in [2.75, 3.05) is 5.88 Å². The molecule has 22 heavy (non-hydrogen) atoms. The number of hydrogen-bond donors (Lipinski definition) is 0. The van der Waals surface area contributed by atoms with E-state index in [4.69, 9.17) is 21.1 Å². The molecule has 0 amide bonds. The summed E-state index contributed by atoms with van der Waals surface area (Å²) in [6.45, 7) is 3.86. The highest BCUT2D eigenvalue weighted by Gasteiger charge is 2.31. The van der Waals surface area contributed by atoms with Crippen molar-refractivity contribution in [3.8, 4) is 0 Å². The van der Waals surface area contributed by atoms with Crippen molar-refractivity contribution >= 4 is 38.9 Å². The Labute approximate surface area is 138 Å². The Kier molecular flexibility index (Phi) is 4.78. The van der Waals surface area contributed by atoms with E-state index in [1.165, 1.54) is 0 Å². The first kappa shape index (κ1) is 15.9. The number of rotatable bonds is 6. The molecule has 4 nitrogen and oxygen atoms in total. The summed E-state index contributed by atoms with van der Waals surface area (Å²) in [7, 11) is 0. The molecule has 1 aromatic carbocycles. The third-order valence-electron chi connectivity index (χ3n) is 3.78. The average molecular weight is 340 g/mol. The first-order valence-corrected chi connectivity index (χ1v) is 8.66. The summed E-state index contributed by atoms with van der Waals surface area (Å²) in [6.07, 6.45) is 0.658. The molecule has 0 aliphatic carbocycles. The lowest BCUT2D eigenvalue weighted by Crippen LogP contribution is -2.39. The van der Waals surface area contributed by atoms with Gasteiger partial charge in [-0.3, -0.25) is 4.79 Å². The van der Waals surface area contributed by atoms with Gasteiger partial charge in [0, 0.05) is 12.8 Å². The smallest absolute Gasteiger partial charge is 0.164 e. The minimum Gasteiger partial charge on any atom is -0.324 e. The van der Waals surface area contributed by atoms with Crippen LogP contribution in [0.1, 0.15) is 36.3 Å². The number of Topliss-reactive ketones (excluding diaryl/α,β-unsaturated/α-hetero) is 1. The van der Waals surface area contributed by atoms with E-state index in [1.807, 2.05) is 13.8 Å². The normalized spacial score (nSPS) is 22.5. The van der Waals surface area contributed by atoms with Gasteiger partial charge in [-0.25, -0.2) is 4.98 Å². The van der Waals surface area contributed by atoms with Crippen LogP contribution in [-0.2, 0) is 14.3 Å². The van der Waals surface area contributed by atoms with Gasteiger partial charge in [0.1, 0.15) is 5.78 Å². The molecule has 2 heterocycles. The van der Waals surface area contributed by atoms with Crippen LogP contribution in [0.3, 0.4) is 0 Å². The van der Waals surface area contributed by atoms with Crippen LogP contribution in [0.25, 0.3) is 10.2 Å². The van der Waals surface area contributed by atoms with E-state index in [1.54, 1.807) is 11.3 Å². The maximum atomic E-state index is 11.8. The quantitative estimate of drug-likeness (QED) is 0.746. The zero-order valence-electron chi connectivity index (χ0n) is 12.5. The van der Waals surface area contributed by atoms with E-state index in [2.05, 4.69) is 23.2 Å². The first-order valence-electron chi connectivity index (χ1n) is 7.31. The highest BCUT2D eigenvalue weighted by molar-refractivity contribution is 7.18. The van der Waals surface area contributed by atoms with Gasteiger partial charge in [0.25, 0.3) is 0 Å². The van der Waals surface area contributed by atoms with Crippen LogP contribution in [0, 0.1) is 6.92 Å². The number of ketones is 1.